The molecule has 3 heterocycles. The van der Waals surface area contributed by atoms with Gasteiger partial charge in [0.1, 0.15) is 11.4 Å². The van der Waals surface area contributed by atoms with Crippen LogP contribution < -0.4 is 17.0 Å². The first-order valence-corrected chi connectivity index (χ1v) is 13.2. The summed E-state index contributed by atoms with van der Waals surface area (Å²) in [5, 5.41) is 6.50. The Morgan fingerprint density at radius 3 is 2.33 bits per heavy atom. The second-order valence-corrected chi connectivity index (χ2v) is 10.2. The van der Waals surface area contributed by atoms with E-state index in [1.54, 1.807) is 18.2 Å². The van der Waals surface area contributed by atoms with Gasteiger partial charge in [0.15, 0.2) is 0 Å². The van der Waals surface area contributed by atoms with Crippen molar-refractivity contribution in [3.8, 4) is 19.4 Å². The number of nitriles is 1. The van der Waals surface area contributed by atoms with Gasteiger partial charge in [-0.3, -0.25) is 9.59 Å². The van der Waals surface area contributed by atoms with Crippen LogP contribution in [0.1, 0.15) is 80.3 Å². The van der Waals surface area contributed by atoms with Crippen LogP contribution in [-0.4, -0.2) is 40.4 Å². The van der Waals surface area contributed by atoms with Gasteiger partial charge in [0, 0.05) is 49.3 Å². The Labute approximate surface area is 231 Å². The molecule has 1 saturated heterocycles. The Balaban J connectivity index is 0.000000412. The average molecular weight is 533 g/mol. The van der Waals surface area contributed by atoms with Crippen molar-refractivity contribution in [3.63, 3.8) is 0 Å². The molecule has 1 aromatic heterocycles. The number of rotatable bonds is 3. The van der Waals surface area contributed by atoms with Crippen LogP contribution in [0.25, 0.3) is 0 Å². The third-order valence-corrected chi connectivity index (χ3v) is 7.51. The molecule has 0 atom stereocenters. The number of H-pyrrole nitrogens is 1. The Morgan fingerprint density at radius 1 is 1.13 bits per heavy atom. The lowest BCUT2D eigenvalue weighted by atomic mass is 9.90. The number of hydrogen-bond donors (Lipinski definition) is 3. The van der Waals surface area contributed by atoms with Gasteiger partial charge in [0.25, 0.3) is 11.5 Å². The molecule has 2 aliphatic heterocycles. The van der Waals surface area contributed by atoms with Gasteiger partial charge in [-0.05, 0) is 55.5 Å². The van der Waals surface area contributed by atoms with Crippen molar-refractivity contribution in [3.05, 3.63) is 57.5 Å². The Kier molecular flexibility index (Phi) is 11.8. The molecule has 1 aromatic carbocycles. The second-order valence-electron chi connectivity index (χ2n) is 10.2. The van der Waals surface area contributed by atoms with Crippen molar-refractivity contribution in [1.82, 2.24) is 9.88 Å². The van der Waals surface area contributed by atoms with E-state index >= 15 is 0 Å². The van der Waals surface area contributed by atoms with E-state index in [0.29, 0.717) is 31.0 Å². The number of nitrogen functional groups attached to an aromatic ring is 1. The summed E-state index contributed by atoms with van der Waals surface area (Å²) < 4.78 is 5.45. The third kappa shape index (κ3) is 7.72. The number of ether oxygens (including phenoxy) is 1. The number of amides is 1. The number of benzene rings is 1. The van der Waals surface area contributed by atoms with E-state index in [-0.39, 0.29) is 28.5 Å². The van der Waals surface area contributed by atoms with Crippen LogP contribution in [0.5, 0.6) is 0 Å². The van der Waals surface area contributed by atoms with Crippen molar-refractivity contribution in [1.29, 1.82) is 5.26 Å². The fourth-order valence-electron chi connectivity index (χ4n) is 5.15. The molecule has 0 spiro atoms. The summed E-state index contributed by atoms with van der Waals surface area (Å²) in [6.07, 6.45) is 18.5. The maximum atomic E-state index is 12.9. The van der Waals surface area contributed by atoms with E-state index in [0.717, 1.165) is 24.3 Å². The summed E-state index contributed by atoms with van der Waals surface area (Å²) in [5.41, 5.74) is 13.9. The van der Waals surface area contributed by atoms with Crippen molar-refractivity contribution < 1.29 is 9.53 Å². The first-order chi connectivity index (χ1) is 18.8. The number of nitrogens with zero attached hydrogens (tertiary/aromatic N) is 3. The van der Waals surface area contributed by atoms with Gasteiger partial charge in [0.2, 0.25) is 0 Å². The van der Waals surface area contributed by atoms with Crippen LogP contribution in [0.15, 0.2) is 40.2 Å². The molecule has 1 aliphatic carbocycles. The standard InChI is InChI=1S/C20H23N5O3.C7H14.C2H2.CHN/c1-20(5-8-28-9-6-20)25-11-12-10-13(2-3-14(12)19(25)27)24-17(22)16-15(21)4-7-23-18(16)26;1-7-5-3-2-4-6-7;2*1-2/h2-4,7,10H,5-6,8-9,11H2,1H3,(H2,22,24)(H3,21,23,26);7H,2-6H2,1H3;1-2H;1H. The summed E-state index contributed by atoms with van der Waals surface area (Å²) in [5.74, 6) is 1.11. The lowest BCUT2D eigenvalue weighted by molar-refractivity contribution is -0.0110. The highest BCUT2D eigenvalue weighted by Crippen LogP contribution is 2.36. The maximum absolute atomic E-state index is 12.9. The smallest absolute Gasteiger partial charge is 0.261 e. The normalized spacial score (nSPS) is 18.3. The zero-order valence-electron chi connectivity index (χ0n) is 23.0. The topological polar surface area (TPSA) is 151 Å². The van der Waals surface area contributed by atoms with Gasteiger partial charge in [-0.25, -0.2) is 10.3 Å². The third-order valence-electron chi connectivity index (χ3n) is 7.51. The molecule has 1 amide bonds. The molecule has 9 heteroatoms. The molecule has 39 heavy (non-hydrogen) atoms. The molecule has 3 aliphatic rings. The predicted octanol–water partition coefficient (Wildman–Crippen LogP) is 4.49. The monoisotopic (exact) mass is 532 g/mol. The predicted molar refractivity (Wildman–Crippen MR) is 155 cm³/mol. The zero-order valence-corrected chi connectivity index (χ0v) is 23.0. The van der Waals surface area contributed by atoms with Crippen molar-refractivity contribution in [2.24, 2.45) is 16.6 Å². The number of hydrogen-bond acceptors (Lipinski definition) is 6. The van der Waals surface area contributed by atoms with Crippen LogP contribution in [0.2, 0.25) is 0 Å². The second kappa shape index (κ2) is 14.8. The summed E-state index contributed by atoms with van der Waals surface area (Å²) in [7, 11) is 0. The molecular weight excluding hydrogens is 492 g/mol. The van der Waals surface area contributed by atoms with E-state index in [4.69, 9.17) is 21.5 Å². The highest BCUT2D eigenvalue weighted by atomic mass is 16.5. The zero-order chi connectivity index (χ0) is 29.0. The van der Waals surface area contributed by atoms with E-state index in [2.05, 4.69) is 43.2 Å². The number of fused-ring (bicyclic) bond motifs is 1. The van der Waals surface area contributed by atoms with Crippen LogP contribution >= 0.6 is 0 Å². The van der Waals surface area contributed by atoms with Crippen molar-refractivity contribution in [2.45, 2.75) is 70.9 Å². The van der Waals surface area contributed by atoms with E-state index in [1.807, 2.05) is 11.0 Å². The highest BCUT2D eigenvalue weighted by Gasteiger charge is 2.41. The summed E-state index contributed by atoms with van der Waals surface area (Å²) in [6.45, 7) is 9.83. The lowest BCUT2D eigenvalue weighted by Gasteiger charge is -2.41. The molecule has 2 fully saturated rings. The van der Waals surface area contributed by atoms with Gasteiger partial charge >= 0.3 is 0 Å². The molecule has 0 bridgehead atoms. The average Bonchev–Trinajstić information content (AvgIpc) is 3.28. The largest absolute Gasteiger partial charge is 0.398 e. The molecule has 5 rings (SSSR count). The minimum Gasteiger partial charge on any atom is -0.398 e. The van der Waals surface area contributed by atoms with E-state index < -0.39 is 5.56 Å². The molecule has 208 valence electrons. The number of aromatic amines is 1. The quantitative estimate of drug-likeness (QED) is 0.301. The number of nitrogens with one attached hydrogen (secondary N) is 1. The van der Waals surface area contributed by atoms with Gasteiger partial charge in [-0.2, -0.15) is 0 Å². The Morgan fingerprint density at radius 2 is 1.77 bits per heavy atom. The maximum Gasteiger partial charge on any atom is 0.261 e. The number of aliphatic imine (C=N–C) groups is 1. The highest BCUT2D eigenvalue weighted by molar-refractivity contribution is 6.03. The minimum absolute atomic E-state index is 0.0339. The van der Waals surface area contributed by atoms with Crippen LogP contribution in [0.3, 0.4) is 0 Å². The van der Waals surface area contributed by atoms with Crippen molar-refractivity contribution >= 4 is 23.1 Å². The number of amidine groups is 1. The lowest BCUT2D eigenvalue weighted by Crippen LogP contribution is -2.49. The molecule has 5 N–H and O–H groups in total. The van der Waals surface area contributed by atoms with Crippen molar-refractivity contribution in [2.75, 3.05) is 18.9 Å². The summed E-state index contributed by atoms with van der Waals surface area (Å²) >= 11 is 0. The number of carbonyl (C=O) groups excluding carboxylic acids is 1. The van der Waals surface area contributed by atoms with Crippen LogP contribution in [-0.2, 0) is 11.3 Å². The van der Waals surface area contributed by atoms with Gasteiger partial charge in [-0.1, -0.05) is 39.0 Å². The summed E-state index contributed by atoms with van der Waals surface area (Å²) in [4.78, 5) is 33.7. The van der Waals surface area contributed by atoms with Gasteiger partial charge < -0.3 is 26.1 Å². The fraction of sp³-hybridized carbons (Fsp3) is 0.467. The SMILES string of the molecule is C#C.C#N.CC1(N2Cc3cc(N=C(N)c4c(N)cc[nH]c4=O)ccc3C2=O)CCOCC1.CC1CCCCC1. The molecule has 0 radical (unpaired) electrons. The minimum atomic E-state index is -0.392. The first kappa shape index (κ1) is 31.1. The molecule has 1 saturated carbocycles. The molecule has 9 nitrogen and oxygen atoms in total. The van der Waals surface area contributed by atoms with Crippen LogP contribution in [0, 0.1) is 30.6 Å². The number of anilines is 1. The molecular formula is C30H40N6O3. The number of carbonyl (C=O) groups is 1. The van der Waals surface area contributed by atoms with Gasteiger partial charge in [0.05, 0.1) is 5.69 Å². The number of pyridine rings is 1. The molecule has 0 unspecified atom stereocenters. The van der Waals surface area contributed by atoms with Crippen LogP contribution in [0.4, 0.5) is 11.4 Å². The fourth-order valence-corrected chi connectivity index (χ4v) is 5.15. The Hall–Kier alpha value is -4.08. The van der Waals surface area contributed by atoms with E-state index in [9.17, 15) is 9.59 Å². The number of aromatic nitrogens is 1. The Bertz CT molecular complexity index is 1230. The van der Waals surface area contributed by atoms with Gasteiger partial charge in [-0.15, -0.1) is 12.8 Å². The molecule has 2 aromatic rings. The summed E-state index contributed by atoms with van der Waals surface area (Å²) in [6, 6.07) is 6.90. The number of nitrogens with two attached hydrogens (primary N) is 2. The van der Waals surface area contributed by atoms with E-state index in [1.165, 1.54) is 38.3 Å². The number of terminal acetylenes is 1. The first-order valence-electron chi connectivity index (χ1n) is 13.2.